The predicted octanol–water partition coefficient (Wildman–Crippen LogP) is 3.53. The van der Waals surface area contributed by atoms with Gasteiger partial charge in [0.2, 0.25) is 0 Å². The Morgan fingerprint density at radius 3 is 3.11 bits per heavy atom. The van der Waals surface area contributed by atoms with Crippen LogP contribution < -0.4 is 5.32 Å². The first-order chi connectivity index (χ1) is 9.40. The van der Waals surface area contributed by atoms with E-state index in [0.717, 1.165) is 19.1 Å². The largest absolute Gasteiger partial charge is 0.315 e. The molecule has 1 N–H and O–H groups in total. The highest BCUT2D eigenvalue weighted by molar-refractivity contribution is 7.09. The van der Waals surface area contributed by atoms with Crippen molar-refractivity contribution in [2.24, 2.45) is 0 Å². The fourth-order valence-corrected chi connectivity index (χ4v) is 3.74. The molecule has 1 aliphatic rings. The molecule has 108 valence electrons. The standard InChI is InChI=1S/C16H28N2S/c1-2-6-15-7-3-4-12-18(15)13-11-17-10-9-16-8-5-14-19-16/h5,8,14-15,17H,2-4,6-7,9-13H2,1H3. The lowest BCUT2D eigenvalue weighted by Gasteiger charge is -2.35. The number of hydrogen-bond donors (Lipinski definition) is 1. The monoisotopic (exact) mass is 280 g/mol. The maximum atomic E-state index is 3.60. The van der Waals surface area contributed by atoms with Crippen LogP contribution in [0.15, 0.2) is 17.5 Å². The summed E-state index contributed by atoms with van der Waals surface area (Å²) in [7, 11) is 0. The van der Waals surface area contributed by atoms with Crippen LogP contribution in [-0.4, -0.2) is 37.1 Å². The zero-order chi connectivity index (χ0) is 13.3. The molecular formula is C16H28N2S. The average molecular weight is 280 g/mol. The van der Waals surface area contributed by atoms with Crippen molar-refractivity contribution < 1.29 is 0 Å². The molecule has 1 unspecified atom stereocenters. The summed E-state index contributed by atoms with van der Waals surface area (Å²) in [6.07, 6.45) is 8.14. The van der Waals surface area contributed by atoms with Gasteiger partial charge in [0.1, 0.15) is 0 Å². The number of likely N-dealkylation sites (tertiary alicyclic amines) is 1. The number of nitrogens with zero attached hydrogens (tertiary/aromatic N) is 1. The van der Waals surface area contributed by atoms with Gasteiger partial charge in [-0.25, -0.2) is 0 Å². The molecule has 1 aliphatic heterocycles. The van der Waals surface area contributed by atoms with E-state index in [4.69, 9.17) is 0 Å². The maximum Gasteiger partial charge on any atom is 0.0110 e. The lowest BCUT2D eigenvalue weighted by molar-refractivity contribution is 0.140. The normalized spacial score (nSPS) is 20.8. The molecule has 1 aromatic rings. The highest BCUT2D eigenvalue weighted by atomic mass is 32.1. The summed E-state index contributed by atoms with van der Waals surface area (Å²) in [4.78, 5) is 4.21. The topological polar surface area (TPSA) is 15.3 Å². The van der Waals surface area contributed by atoms with Crippen molar-refractivity contribution in [2.75, 3.05) is 26.2 Å². The Labute approximate surface area is 122 Å². The predicted molar refractivity (Wildman–Crippen MR) is 85.0 cm³/mol. The minimum Gasteiger partial charge on any atom is -0.315 e. The molecule has 1 atom stereocenters. The zero-order valence-electron chi connectivity index (χ0n) is 12.2. The number of nitrogens with one attached hydrogen (secondary N) is 1. The van der Waals surface area contributed by atoms with E-state index in [2.05, 4.69) is 34.7 Å². The summed E-state index contributed by atoms with van der Waals surface area (Å²) in [5, 5.41) is 5.76. The molecule has 2 heterocycles. The third kappa shape index (κ3) is 5.25. The van der Waals surface area contributed by atoms with Gasteiger partial charge in [0.25, 0.3) is 0 Å². The van der Waals surface area contributed by atoms with Crippen LogP contribution in [-0.2, 0) is 6.42 Å². The third-order valence-electron chi connectivity index (χ3n) is 4.08. The molecule has 1 aromatic heterocycles. The van der Waals surface area contributed by atoms with Crippen LogP contribution in [0.1, 0.15) is 43.9 Å². The summed E-state index contributed by atoms with van der Waals surface area (Å²) in [5.41, 5.74) is 0. The smallest absolute Gasteiger partial charge is 0.0110 e. The first-order valence-corrected chi connectivity index (χ1v) is 8.75. The molecule has 1 fully saturated rings. The van der Waals surface area contributed by atoms with Crippen LogP contribution >= 0.6 is 11.3 Å². The Morgan fingerprint density at radius 2 is 2.32 bits per heavy atom. The first-order valence-electron chi connectivity index (χ1n) is 7.87. The molecule has 0 amide bonds. The van der Waals surface area contributed by atoms with Gasteiger partial charge >= 0.3 is 0 Å². The minimum absolute atomic E-state index is 0.859. The molecule has 0 spiro atoms. The van der Waals surface area contributed by atoms with Gasteiger partial charge in [0.05, 0.1) is 0 Å². The van der Waals surface area contributed by atoms with Crippen molar-refractivity contribution in [3.05, 3.63) is 22.4 Å². The average Bonchev–Trinajstić information content (AvgIpc) is 2.94. The van der Waals surface area contributed by atoms with Gasteiger partial charge in [-0.05, 0) is 43.7 Å². The molecule has 0 radical (unpaired) electrons. The second kappa shape index (κ2) is 8.72. The van der Waals surface area contributed by atoms with E-state index in [9.17, 15) is 0 Å². The molecule has 2 rings (SSSR count). The molecule has 0 aliphatic carbocycles. The van der Waals surface area contributed by atoms with E-state index in [1.165, 1.54) is 56.5 Å². The minimum atomic E-state index is 0.859. The van der Waals surface area contributed by atoms with Crippen molar-refractivity contribution in [1.82, 2.24) is 10.2 Å². The fraction of sp³-hybridized carbons (Fsp3) is 0.750. The molecular weight excluding hydrogens is 252 g/mol. The summed E-state index contributed by atoms with van der Waals surface area (Å²) in [6, 6.07) is 5.23. The Hall–Kier alpha value is -0.380. The summed E-state index contributed by atoms with van der Waals surface area (Å²) in [5.74, 6) is 0. The second-order valence-corrected chi connectivity index (χ2v) is 6.59. The van der Waals surface area contributed by atoms with Gasteiger partial charge < -0.3 is 5.32 Å². The number of rotatable bonds is 8. The van der Waals surface area contributed by atoms with Crippen LogP contribution in [0.3, 0.4) is 0 Å². The maximum absolute atomic E-state index is 3.60. The van der Waals surface area contributed by atoms with Crippen LogP contribution in [0.5, 0.6) is 0 Å². The highest BCUT2D eigenvalue weighted by Gasteiger charge is 2.20. The van der Waals surface area contributed by atoms with Crippen LogP contribution in [0.25, 0.3) is 0 Å². The number of hydrogen-bond acceptors (Lipinski definition) is 3. The van der Waals surface area contributed by atoms with E-state index >= 15 is 0 Å². The van der Waals surface area contributed by atoms with E-state index in [1.807, 2.05) is 11.3 Å². The Kier molecular flexibility index (Phi) is 6.90. The second-order valence-electron chi connectivity index (χ2n) is 5.55. The lowest BCUT2D eigenvalue weighted by Crippen LogP contribution is -2.43. The van der Waals surface area contributed by atoms with Gasteiger partial charge in [0.15, 0.2) is 0 Å². The van der Waals surface area contributed by atoms with Gasteiger partial charge in [0, 0.05) is 30.6 Å². The molecule has 0 saturated carbocycles. The van der Waals surface area contributed by atoms with Crippen molar-refractivity contribution >= 4 is 11.3 Å². The molecule has 3 heteroatoms. The Balaban J connectivity index is 1.58. The van der Waals surface area contributed by atoms with E-state index < -0.39 is 0 Å². The summed E-state index contributed by atoms with van der Waals surface area (Å²) < 4.78 is 0. The van der Waals surface area contributed by atoms with Gasteiger partial charge in [-0.2, -0.15) is 0 Å². The molecule has 1 saturated heterocycles. The fourth-order valence-electron chi connectivity index (χ4n) is 3.03. The number of thiophene rings is 1. The first kappa shape index (κ1) is 15.0. The van der Waals surface area contributed by atoms with Crippen LogP contribution in [0.4, 0.5) is 0 Å². The zero-order valence-corrected chi connectivity index (χ0v) is 13.1. The summed E-state index contributed by atoms with van der Waals surface area (Å²) >= 11 is 1.87. The van der Waals surface area contributed by atoms with E-state index in [1.54, 1.807) is 0 Å². The van der Waals surface area contributed by atoms with Gasteiger partial charge in [-0.15, -0.1) is 11.3 Å². The van der Waals surface area contributed by atoms with Crippen molar-refractivity contribution in [3.8, 4) is 0 Å². The SMILES string of the molecule is CCCC1CCCCN1CCNCCc1cccs1. The van der Waals surface area contributed by atoms with E-state index in [-0.39, 0.29) is 0 Å². The lowest BCUT2D eigenvalue weighted by atomic mass is 9.98. The van der Waals surface area contributed by atoms with Gasteiger partial charge in [-0.3, -0.25) is 4.90 Å². The van der Waals surface area contributed by atoms with Crippen molar-refractivity contribution in [1.29, 1.82) is 0 Å². The number of piperidine rings is 1. The molecule has 0 bridgehead atoms. The summed E-state index contributed by atoms with van der Waals surface area (Å²) in [6.45, 7) is 7.12. The Bertz CT molecular complexity index is 321. The van der Waals surface area contributed by atoms with Crippen LogP contribution in [0.2, 0.25) is 0 Å². The Morgan fingerprint density at radius 1 is 1.37 bits per heavy atom. The molecule has 0 aromatic carbocycles. The van der Waals surface area contributed by atoms with E-state index in [0.29, 0.717) is 0 Å². The molecule has 19 heavy (non-hydrogen) atoms. The highest BCUT2D eigenvalue weighted by Crippen LogP contribution is 2.20. The van der Waals surface area contributed by atoms with Gasteiger partial charge in [-0.1, -0.05) is 25.8 Å². The molecule has 2 nitrogen and oxygen atoms in total. The third-order valence-corrected chi connectivity index (χ3v) is 5.01. The van der Waals surface area contributed by atoms with Crippen LogP contribution in [0, 0.1) is 0 Å². The quantitative estimate of drug-likeness (QED) is 0.733. The van der Waals surface area contributed by atoms with Crippen molar-refractivity contribution in [2.45, 2.75) is 51.5 Å². The van der Waals surface area contributed by atoms with Crippen molar-refractivity contribution in [3.63, 3.8) is 0 Å².